The van der Waals surface area contributed by atoms with Crippen molar-refractivity contribution in [1.82, 2.24) is 14.8 Å². The molecule has 174 valence electrons. The number of thioether (sulfide) groups is 1. The molecule has 3 rings (SSSR count). The van der Waals surface area contributed by atoms with Crippen molar-refractivity contribution in [3.8, 4) is 11.5 Å². The number of anilines is 1. The molecule has 0 fully saturated rings. The zero-order valence-electron chi connectivity index (χ0n) is 18.8. The number of non-ortho nitro benzene ring substituents is 1. The van der Waals surface area contributed by atoms with Gasteiger partial charge in [0.1, 0.15) is 6.61 Å². The molecule has 0 radical (unpaired) electrons. The highest BCUT2D eigenvalue weighted by atomic mass is 32.2. The van der Waals surface area contributed by atoms with Crippen LogP contribution in [0.3, 0.4) is 0 Å². The number of carbonyl (C=O) groups excluding carboxylic acids is 1. The summed E-state index contributed by atoms with van der Waals surface area (Å²) >= 11 is 1.23. The molecule has 11 heteroatoms. The van der Waals surface area contributed by atoms with E-state index in [9.17, 15) is 14.9 Å². The number of nitro groups is 1. The first-order valence-corrected chi connectivity index (χ1v) is 11.2. The number of rotatable bonds is 10. The Morgan fingerprint density at radius 2 is 1.94 bits per heavy atom. The van der Waals surface area contributed by atoms with Crippen LogP contribution in [-0.2, 0) is 18.4 Å². The number of aryl methyl sites for hydroxylation is 2. The van der Waals surface area contributed by atoms with Gasteiger partial charge in [-0.3, -0.25) is 14.9 Å². The molecule has 1 heterocycles. The Morgan fingerprint density at radius 3 is 2.64 bits per heavy atom. The van der Waals surface area contributed by atoms with E-state index in [1.165, 1.54) is 30.0 Å². The molecule has 1 amide bonds. The van der Waals surface area contributed by atoms with Crippen LogP contribution >= 0.6 is 11.8 Å². The Bertz CT molecular complexity index is 1160. The average Bonchev–Trinajstić information content (AvgIpc) is 3.12. The first-order valence-electron chi connectivity index (χ1n) is 10.2. The van der Waals surface area contributed by atoms with Crippen LogP contribution in [-0.4, -0.2) is 38.0 Å². The second kappa shape index (κ2) is 10.8. The van der Waals surface area contributed by atoms with E-state index in [2.05, 4.69) is 15.5 Å². The Kier molecular flexibility index (Phi) is 7.88. The maximum Gasteiger partial charge on any atom is 0.269 e. The smallest absolute Gasteiger partial charge is 0.269 e. The minimum absolute atomic E-state index is 0.0206. The summed E-state index contributed by atoms with van der Waals surface area (Å²) in [5.74, 6) is 1.76. The Labute approximate surface area is 195 Å². The van der Waals surface area contributed by atoms with Gasteiger partial charge in [-0.05, 0) is 50.1 Å². The SMILES string of the molecule is CCOc1cc(C)ccc1OCc1nnc(SCC(=O)Nc2ccc([N+](=O)[O-])cc2C)n1C. The first-order chi connectivity index (χ1) is 15.8. The average molecular weight is 472 g/mol. The minimum Gasteiger partial charge on any atom is -0.490 e. The van der Waals surface area contributed by atoms with Crippen molar-refractivity contribution < 1.29 is 19.2 Å². The van der Waals surface area contributed by atoms with Crippen molar-refractivity contribution >= 4 is 29.0 Å². The van der Waals surface area contributed by atoms with Gasteiger partial charge in [0.05, 0.1) is 17.3 Å². The number of hydrogen-bond donors (Lipinski definition) is 1. The number of nitrogens with zero attached hydrogens (tertiary/aromatic N) is 4. The second-order valence-corrected chi connectivity index (χ2v) is 8.17. The lowest BCUT2D eigenvalue weighted by Crippen LogP contribution is -2.15. The number of aromatic nitrogens is 3. The summed E-state index contributed by atoms with van der Waals surface area (Å²) in [5.41, 5.74) is 2.20. The number of carbonyl (C=O) groups is 1. The zero-order valence-corrected chi connectivity index (χ0v) is 19.6. The van der Waals surface area contributed by atoms with Crippen LogP contribution in [0.15, 0.2) is 41.6 Å². The molecule has 0 saturated heterocycles. The van der Waals surface area contributed by atoms with Crippen molar-refractivity contribution in [3.63, 3.8) is 0 Å². The third kappa shape index (κ3) is 6.22. The van der Waals surface area contributed by atoms with E-state index >= 15 is 0 Å². The molecule has 3 aromatic rings. The normalized spacial score (nSPS) is 10.7. The van der Waals surface area contributed by atoms with Gasteiger partial charge in [0.25, 0.3) is 5.69 Å². The summed E-state index contributed by atoms with van der Waals surface area (Å²) in [4.78, 5) is 22.7. The van der Waals surface area contributed by atoms with Gasteiger partial charge in [0.15, 0.2) is 22.5 Å². The van der Waals surface area contributed by atoms with Crippen molar-refractivity contribution in [2.45, 2.75) is 32.5 Å². The van der Waals surface area contributed by atoms with Crippen molar-refractivity contribution in [1.29, 1.82) is 0 Å². The summed E-state index contributed by atoms with van der Waals surface area (Å²) < 4.78 is 13.3. The minimum atomic E-state index is -0.472. The zero-order chi connectivity index (χ0) is 24.0. The van der Waals surface area contributed by atoms with Gasteiger partial charge in [0, 0.05) is 24.9 Å². The third-order valence-corrected chi connectivity index (χ3v) is 5.73. The summed E-state index contributed by atoms with van der Waals surface area (Å²) in [5, 5.41) is 22.5. The van der Waals surface area contributed by atoms with E-state index in [4.69, 9.17) is 9.47 Å². The van der Waals surface area contributed by atoms with Crippen LogP contribution in [0.5, 0.6) is 11.5 Å². The summed E-state index contributed by atoms with van der Waals surface area (Å²) in [7, 11) is 1.80. The molecule has 0 aliphatic heterocycles. The van der Waals surface area contributed by atoms with E-state index < -0.39 is 4.92 Å². The third-order valence-electron chi connectivity index (χ3n) is 4.71. The number of nitro benzene ring substituents is 1. The predicted molar refractivity (Wildman–Crippen MR) is 125 cm³/mol. The maximum atomic E-state index is 12.4. The van der Waals surface area contributed by atoms with Gasteiger partial charge in [-0.2, -0.15) is 0 Å². The second-order valence-electron chi connectivity index (χ2n) is 7.22. The molecular weight excluding hydrogens is 446 g/mol. The lowest BCUT2D eigenvalue weighted by molar-refractivity contribution is -0.384. The molecule has 0 aliphatic carbocycles. The fourth-order valence-corrected chi connectivity index (χ4v) is 3.69. The highest BCUT2D eigenvalue weighted by Gasteiger charge is 2.15. The van der Waals surface area contributed by atoms with E-state index in [1.807, 2.05) is 32.0 Å². The van der Waals surface area contributed by atoms with E-state index in [-0.39, 0.29) is 24.0 Å². The van der Waals surface area contributed by atoms with Gasteiger partial charge in [0.2, 0.25) is 5.91 Å². The van der Waals surface area contributed by atoms with E-state index in [0.717, 1.165) is 5.56 Å². The highest BCUT2D eigenvalue weighted by Crippen LogP contribution is 2.29. The highest BCUT2D eigenvalue weighted by molar-refractivity contribution is 7.99. The maximum absolute atomic E-state index is 12.4. The molecule has 0 aliphatic rings. The summed E-state index contributed by atoms with van der Waals surface area (Å²) in [6.45, 7) is 6.33. The first kappa shape index (κ1) is 24.1. The fraction of sp³-hybridized carbons (Fsp3) is 0.318. The lowest BCUT2D eigenvalue weighted by Gasteiger charge is -2.12. The van der Waals surface area contributed by atoms with Gasteiger partial charge in [-0.25, -0.2) is 0 Å². The molecule has 0 spiro atoms. The number of nitrogens with one attached hydrogen (secondary N) is 1. The summed E-state index contributed by atoms with van der Waals surface area (Å²) in [6, 6.07) is 10.0. The van der Waals surface area contributed by atoms with Gasteiger partial charge in [-0.1, -0.05) is 17.8 Å². The molecule has 0 bridgehead atoms. The largest absolute Gasteiger partial charge is 0.490 e. The molecule has 2 aromatic carbocycles. The molecule has 1 N–H and O–H groups in total. The fourth-order valence-electron chi connectivity index (χ4n) is 2.96. The quantitative estimate of drug-likeness (QED) is 0.267. The monoisotopic (exact) mass is 471 g/mol. The van der Waals surface area contributed by atoms with Crippen molar-refractivity contribution in [2.24, 2.45) is 7.05 Å². The Hall–Kier alpha value is -3.60. The van der Waals surface area contributed by atoms with Crippen LogP contribution in [0, 0.1) is 24.0 Å². The van der Waals surface area contributed by atoms with Crippen LogP contribution in [0.4, 0.5) is 11.4 Å². The van der Waals surface area contributed by atoms with Crippen LogP contribution in [0.2, 0.25) is 0 Å². The number of hydrogen-bond acceptors (Lipinski definition) is 8. The lowest BCUT2D eigenvalue weighted by atomic mass is 10.2. The molecule has 1 aromatic heterocycles. The van der Waals surface area contributed by atoms with E-state index in [0.29, 0.717) is 40.3 Å². The number of ether oxygens (including phenoxy) is 2. The van der Waals surface area contributed by atoms with Crippen molar-refractivity contribution in [3.05, 3.63) is 63.5 Å². The van der Waals surface area contributed by atoms with E-state index in [1.54, 1.807) is 18.5 Å². The molecule has 0 unspecified atom stereocenters. The van der Waals surface area contributed by atoms with Crippen LogP contribution in [0.1, 0.15) is 23.9 Å². The Balaban J connectivity index is 1.57. The van der Waals surface area contributed by atoms with Crippen LogP contribution < -0.4 is 14.8 Å². The topological polar surface area (TPSA) is 121 Å². The van der Waals surface area contributed by atoms with Crippen molar-refractivity contribution in [2.75, 3.05) is 17.7 Å². The Morgan fingerprint density at radius 1 is 1.15 bits per heavy atom. The van der Waals surface area contributed by atoms with Gasteiger partial charge < -0.3 is 19.4 Å². The van der Waals surface area contributed by atoms with Gasteiger partial charge in [-0.15, -0.1) is 10.2 Å². The molecule has 10 nitrogen and oxygen atoms in total. The molecule has 0 saturated carbocycles. The number of benzene rings is 2. The molecule has 33 heavy (non-hydrogen) atoms. The molecular formula is C22H25N5O5S. The molecule has 0 atom stereocenters. The standard InChI is InChI=1S/C22H25N5O5S/c1-5-31-19-10-14(2)6-9-18(19)32-12-20-24-25-22(26(20)4)33-13-21(28)23-17-8-7-16(27(29)30)11-15(17)3/h6-11H,5,12-13H2,1-4H3,(H,23,28). The number of amides is 1. The van der Waals surface area contributed by atoms with Gasteiger partial charge >= 0.3 is 0 Å². The summed E-state index contributed by atoms with van der Waals surface area (Å²) in [6.07, 6.45) is 0. The predicted octanol–water partition coefficient (Wildman–Crippen LogP) is 4.05. The van der Waals surface area contributed by atoms with Crippen LogP contribution in [0.25, 0.3) is 0 Å².